The maximum absolute atomic E-state index is 12.2. The Hall–Kier alpha value is -2.28. The molecule has 1 aromatic carbocycles. The van der Waals surface area contributed by atoms with Gasteiger partial charge in [-0.2, -0.15) is 0 Å². The number of benzene rings is 1. The predicted octanol–water partition coefficient (Wildman–Crippen LogP) is 2.02. The number of ether oxygens (including phenoxy) is 2. The lowest BCUT2D eigenvalue weighted by atomic mass is 10.1. The van der Waals surface area contributed by atoms with Crippen molar-refractivity contribution in [3.05, 3.63) is 23.8 Å². The molecule has 0 saturated heterocycles. The zero-order valence-corrected chi connectivity index (χ0v) is 15.2. The maximum atomic E-state index is 12.2. The Balaban J connectivity index is 1.82. The summed E-state index contributed by atoms with van der Waals surface area (Å²) in [5.74, 6) is -1.42. The number of carbonyl (C=O) groups is 2. The Labute approximate surface area is 153 Å². The summed E-state index contributed by atoms with van der Waals surface area (Å²) in [6.45, 7) is 3.35. The van der Waals surface area contributed by atoms with Crippen molar-refractivity contribution in [2.45, 2.75) is 64.2 Å². The Morgan fingerprint density at radius 1 is 1.12 bits per heavy atom. The van der Waals surface area contributed by atoms with Crippen molar-refractivity contribution in [2.75, 3.05) is 0 Å². The number of phenols is 2. The SMILES string of the molecule is CC(OC(=O)C1CCCC1)[C@H](C)OC(=O)[C@@H](N)Cc1ccc(O)c(O)c1. The summed E-state index contributed by atoms with van der Waals surface area (Å²) in [5, 5.41) is 18.8. The van der Waals surface area contributed by atoms with Crippen LogP contribution in [0.25, 0.3) is 0 Å². The fraction of sp³-hybridized carbons (Fsp3) is 0.579. The lowest BCUT2D eigenvalue weighted by molar-refractivity contribution is -0.168. The molecule has 7 heteroatoms. The van der Waals surface area contributed by atoms with E-state index in [0.29, 0.717) is 5.56 Å². The summed E-state index contributed by atoms with van der Waals surface area (Å²) < 4.78 is 10.7. The van der Waals surface area contributed by atoms with Gasteiger partial charge >= 0.3 is 11.9 Å². The molecule has 2 rings (SSSR count). The van der Waals surface area contributed by atoms with Gasteiger partial charge in [-0.15, -0.1) is 0 Å². The van der Waals surface area contributed by atoms with E-state index in [-0.39, 0.29) is 29.8 Å². The van der Waals surface area contributed by atoms with Crippen molar-refractivity contribution < 1.29 is 29.3 Å². The zero-order valence-electron chi connectivity index (χ0n) is 15.2. The Morgan fingerprint density at radius 3 is 2.35 bits per heavy atom. The molecule has 144 valence electrons. The molecule has 0 spiro atoms. The van der Waals surface area contributed by atoms with E-state index in [1.54, 1.807) is 19.9 Å². The quantitative estimate of drug-likeness (QED) is 0.499. The van der Waals surface area contributed by atoms with Crippen molar-refractivity contribution in [1.82, 2.24) is 0 Å². The minimum Gasteiger partial charge on any atom is -0.504 e. The molecule has 26 heavy (non-hydrogen) atoms. The van der Waals surface area contributed by atoms with Gasteiger partial charge in [0.15, 0.2) is 11.5 Å². The average Bonchev–Trinajstić information content (AvgIpc) is 3.12. The van der Waals surface area contributed by atoms with E-state index in [9.17, 15) is 19.8 Å². The van der Waals surface area contributed by atoms with Gasteiger partial charge in [0.2, 0.25) is 0 Å². The molecule has 7 nitrogen and oxygen atoms in total. The Bertz CT molecular complexity index is 641. The standard InChI is InChI=1S/C19H27NO6/c1-11(25-18(23)14-5-3-4-6-14)12(2)26-19(24)15(20)9-13-7-8-16(21)17(22)10-13/h7-8,10-12,14-15,21-22H,3-6,9,20H2,1-2H3/t11?,12-,15-/m0/s1. The van der Waals surface area contributed by atoms with Gasteiger partial charge in [0.05, 0.1) is 5.92 Å². The van der Waals surface area contributed by atoms with Crippen molar-refractivity contribution >= 4 is 11.9 Å². The first kappa shape index (κ1) is 20.0. The molecule has 0 heterocycles. The molecule has 4 N–H and O–H groups in total. The molecule has 1 unspecified atom stereocenters. The number of carbonyl (C=O) groups excluding carboxylic acids is 2. The fourth-order valence-corrected chi connectivity index (χ4v) is 2.94. The molecule has 0 aliphatic heterocycles. The van der Waals surface area contributed by atoms with E-state index in [0.717, 1.165) is 25.7 Å². The minimum absolute atomic E-state index is 0.0511. The first-order valence-electron chi connectivity index (χ1n) is 8.95. The molecule has 3 atom stereocenters. The first-order valence-corrected chi connectivity index (χ1v) is 8.95. The van der Waals surface area contributed by atoms with Crippen LogP contribution < -0.4 is 5.73 Å². The third-order valence-corrected chi connectivity index (χ3v) is 4.75. The minimum atomic E-state index is -0.931. The highest BCUT2D eigenvalue weighted by molar-refractivity contribution is 5.76. The normalized spacial score (nSPS) is 18.1. The highest BCUT2D eigenvalue weighted by Gasteiger charge is 2.29. The van der Waals surface area contributed by atoms with E-state index >= 15 is 0 Å². The predicted molar refractivity (Wildman–Crippen MR) is 94.5 cm³/mol. The molecule has 0 radical (unpaired) electrons. The molecule has 0 aromatic heterocycles. The van der Waals surface area contributed by atoms with Gasteiger partial charge in [-0.1, -0.05) is 18.9 Å². The number of aromatic hydroxyl groups is 2. The number of nitrogens with two attached hydrogens (primary N) is 1. The maximum Gasteiger partial charge on any atom is 0.323 e. The van der Waals surface area contributed by atoms with Gasteiger partial charge in [-0.3, -0.25) is 9.59 Å². The van der Waals surface area contributed by atoms with Gasteiger partial charge < -0.3 is 25.4 Å². The second-order valence-electron chi connectivity index (χ2n) is 6.90. The smallest absolute Gasteiger partial charge is 0.323 e. The molecule has 1 aliphatic rings. The highest BCUT2D eigenvalue weighted by atomic mass is 16.6. The summed E-state index contributed by atoms with van der Waals surface area (Å²) in [5.41, 5.74) is 6.46. The Kier molecular flexibility index (Phi) is 6.85. The first-order chi connectivity index (χ1) is 12.3. The van der Waals surface area contributed by atoms with Crippen LogP contribution in [0.5, 0.6) is 11.5 Å². The third kappa shape index (κ3) is 5.36. The van der Waals surface area contributed by atoms with Crippen LogP contribution in [0.15, 0.2) is 18.2 Å². The molecule has 1 fully saturated rings. The van der Waals surface area contributed by atoms with Crippen molar-refractivity contribution in [3.8, 4) is 11.5 Å². The van der Waals surface area contributed by atoms with Crippen LogP contribution >= 0.6 is 0 Å². The zero-order chi connectivity index (χ0) is 19.3. The summed E-state index contributed by atoms with van der Waals surface area (Å²) in [7, 11) is 0. The van der Waals surface area contributed by atoms with Gasteiger partial charge in [-0.05, 0) is 50.8 Å². The average molecular weight is 365 g/mol. The van der Waals surface area contributed by atoms with Crippen LogP contribution in [0.2, 0.25) is 0 Å². The molecule has 1 aliphatic carbocycles. The number of phenolic OH excluding ortho intramolecular Hbond substituents is 2. The number of esters is 2. The fourth-order valence-electron chi connectivity index (χ4n) is 2.94. The number of rotatable bonds is 7. The lowest BCUT2D eigenvalue weighted by Gasteiger charge is -2.23. The summed E-state index contributed by atoms with van der Waals surface area (Å²) >= 11 is 0. The van der Waals surface area contributed by atoms with E-state index in [4.69, 9.17) is 15.2 Å². The monoisotopic (exact) mass is 365 g/mol. The third-order valence-electron chi connectivity index (χ3n) is 4.75. The number of hydrogen-bond acceptors (Lipinski definition) is 7. The highest BCUT2D eigenvalue weighted by Crippen LogP contribution is 2.27. The lowest BCUT2D eigenvalue weighted by Crippen LogP contribution is -2.40. The summed E-state index contributed by atoms with van der Waals surface area (Å²) in [6.07, 6.45) is 2.76. The van der Waals surface area contributed by atoms with Crippen LogP contribution in [0.3, 0.4) is 0 Å². The molecule has 1 aromatic rings. The van der Waals surface area contributed by atoms with E-state index in [1.165, 1.54) is 12.1 Å². The molecule has 0 bridgehead atoms. The summed E-state index contributed by atoms with van der Waals surface area (Å²) in [4.78, 5) is 24.2. The van der Waals surface area contributed by atoms with Gasteiger partial charge in [0.1, 0.15) is 18.2 Å². The van der Waals surface area contributed by atoms with Crippen LogP contribution in [0.4, 0.5) is 0 Å². The van der Waals surface area contributed by atoms with Crippen molar-refractivity contribution in [2.24, 2.45) is 11.7 Å². The van der Waals surface area contributed by atoms with Gasteiger partial charge in [0, 0.05) is 0 Å². The molecule has 1 saturated carbocycles. The van der Waals surface area contributed by atoms with Crippen LogP contribution in [-0.4, -0.2) is 40.4 Å². The Morgan fingerprint density at radius 2 is 1.73 bits per heavy atom. The van der Waals surface area contributed by atoms with Crippen molar-refractivity contribution in [1.29, 1.82) is 0 Å². The van der Waals surface area contributed by atoms with Gasteiger partial charge in [-0.25, -0.2) is 0 Å². The van der Waals surface area contributed by atoms with Crippen molar-refractivity contribution in [3.63, 3.8) is 0 Å². The molecular weight excluding hydrogens is 338 g/mol. The van der Waals surface area contributed by atoms with E-state index in [2.05, 4.69) is 0 Å². The van der Waals surface area contributed by atoms with E-state index in [1.807, 2.05) is 0 Å². The largest absolute Gasteiger partial charge is 0.504 e. The topological polar surface area (TPSA) is 119 Å². The van der Waals surface area contributed by atoms with Crippen LogP contribution in [0.1, 0.15) is 45.1 Å². The molecular formula is C19H27NO6. The van der Waals surface area contributed by atoms with Crippen LogP contribution in [0, 0.1) is 5.92 Å². The van der Waals surface area contributed by atoms with Gasteiger partial charge in [0.25, 0.3) is 0 Å². The second-order valence-corrected chi connectivity index (χ2v) is 6.90. The second kappa shape index (κ2) is 8.89. The number of hydrogen-bond donors (Lipinski definition) is 3. The molecule has 0 amide bonds. The summed E-state index contributed by atoms with van der Waals surface area (Å²) in [6, 6.07) is 3.31. The van der Waals surface area contributed by atoms with E-state index < -0.39 is 24.2 Å². The van der Waals surface area contributed by atoms with Crippen LogP contribution in [-0.2, 0) is 25.5 Å².